The summed E-state index contributed by atoms with van der Waals surface area (Å²) in [5.74, 6) is -4.54. The van der Waals surface area contributed by atoms with Gasteiger partial charge in [-0.2, -0.15) is 0 Å². The molecule has 8 unspecified atom stereocenters. The molecule has 2 spiro atoms. The number of fused-ring (bicyclic) bond motifs is 1. The van der Waals surface area contributed by atoms with Crippen molar-refractivity contribution < 1.29 is 48.7 Å². The summed E-state index contributed by atoms with van der Waals surface area (Å²) in [5, 5.41) is 38.3. The summed E-state index contributed by atoms with van der Waals surface area (Å²) < 4.78 is 22.8. The van der Waals surface area contributed by atoms with E-state index in [9.17, 15) is 29.7 Å². The third-order valence-corrected chi connectivity index (χ3v) is 9.32. The van der Waals surface area contributed by atoms with Gasteiger partial charge in [0.1, 0.15) is 12.2 Å². The maximum atomic E-state index is 13.6. The average Bonchev–Trinajstić information content (AvgIpc) is 3.40. The summed E-state index contributed by atoms with van der Waals surface area (Å²) in [6, 6.07) is -0.626. The Labute approximate surface area is 183 Å². The van der Waals surface area contributed by atoms with Gasteiger partial charge < -0.3 is 39.6 Å². The summed E-state index contributed by atoms with van der Waals surface area (Å²) >= 11 is 0. The van der Waals surface area contributed by atoms with Gasteiger partial charge in [-0.3, -0.25) is 4.79 Å². The van der Waals surface area contributed by atoms with Crippen LogP contribution in [0, 0.1) is 28.1 Å². The van der Waals surface area contributed by atoms with Gasteiger partial charge in [0.25, 0.3) is 0 Å². The van der Waals surface area contributed by atoms with Gasteiger partial charge in [0.05, 0.1) is 16.7 Å². The molecule has 4 saturated heterocycles. The highest BCUT2D eigenvalue weighted by Gasteiger charge is 3.05. The Morgan fingerprint density at radius 1 is 1.00 bits per heavy atom. The highest BCUT2D eigenvalue weighted by molar-refractivity contribution is 5.94. The number of ether oxygens (including phenoxy) is 4. The van der Waals surface area contributed by atoms with Crippen molar-refractivity contribution in [1.82, 2.24) is 5.32 Å². The van der Waals surface area contributed by atoms with Crippen molar-refractivity contribution in [3.8, 4) is 0 Å². The first kappa shape index (κ1) is 20.8. The average molecular weight is 453 g/mol. The maximum absolute atomic E-state index is 13.6. The van der Waals surface area contributed by atoms with Crippen molar-refractivity contribution in [2.24, 2.45) is 28.1 Å². The highest BCUT2D eigenvalue weighted by atomic mass is 16.8. The van der Waals surface area contributed by atoms with Crippen LogP contribution in [0.2, 0.25) is 0 Å². The van der Waals surface area contributed by atoms with E-state index in [0.717, 1.165) is 0 Å². The molecule has 0 amide bonds. The van der Waals surface area contributed by atoms with E-state index in [1.54, 1.807) is 7.05 Å². The first-order chi connectivity index (χ1) is 14.8. The molecule has 0 aromatic carbocycles. The molecule has 4 heterocycles. The smallest absolute Gasteiger partial charge is 0.343 e. The van der Waals surface area contributed by atoms with Crippen LogP contribution < -0.4 is 5.32 Å². The third kappa shape index (κ3) is 1.49. The lowest BCUT2D eigenvalue weighted by Gasteiger charge is -2.47. The predicted octanol–water partition coefficient (Wildman–Crippen LogP) is -2.17. The predicted molar refractivity (Wildman–Crippen MR) is 100 cm³/mol. The molecule has 0 bridgehead atoms. The number of likely N-dealkylation sites (N-methyl/N-ethyl adjacent to an activating group) is 1. The van der Waals surface area contributed by atoms with Crippen molar-refractivity contribution in [3.05, 3.63) is 0 Å². The van der Waals surface area contributed by atoms with Crippen LogP contribution in [0.3, 0.4) is 0 Å². The normalized spacial score (nSPS) is 59.4. The van der Waals surface area contributed by atoms with Crippen LogP contribution in [0.1, 0.15) is 27.7 Å². The van der Waals surface area contributed by atoms with E-state index in [0.29, 0.717) is 0 Å². The zero-order valence-corrected chi connectivity index (χ0v) is 18.3. The number of carbonyl (C=O) groups excluding carboxylic acids is 3. The summed E-state index contributed by atoms with van der Waals surface area (Å²) in [7, 11) is 1.66. The van der Waals surface area contributed by atoms with Gasteiger partial charge in [0.2, 0.25) is 11.9 Å². The topological polar surface area (TPSA) is 161 Å². The van der Waals surface area contributed by atoms with Gasteiger partial charge >= 0.3 is 17.9 Å². The number of rotatable bonds is 1. The van der Waals surface area contributed by atoms with Crippen molar-refractivity contribution in [3.63, 3.8) is 0 Å². The van der Waals surface area contributed by atoms with E-state index >= 15 is 0 Å². The second-order valence-corrected chi connectivity index (χ2v) is 11.1. The Morgan fingerprint density at radius 2 is 1.66 bits per heavy atom. The van der Waals surface area contributed by atoms with E-state index in [-0.39, 0.29) is 0 Å². The molecular formula is C21H27NO10. The maximum Gasteiger partial charge on any atom is 0.343 e. The molecule has 12 atom stereocenters. The number of aliphatic hydroxyl groups is 3. The quantitative estimate of drug-likeness (QED) is 0.253. The molecule has 6 aliphatic rings. The standard InChI is InChI=1S/C21H27NO10/c1-6-13(25)29-12-9(23)19-11-7(22-5)8(17(2,3)4)18(19)10(24)14(26)31-16(18)32-21(19,15(27)30-11)20(6,12)28/h6-12,16,22-24,28H,1-5H3/t6-,7+,8?,9?,10-,11?,12?,16?,18?,19?,20-,21?/m1/s1. The Bertz CT molecular complexity index is 978. The van der Waals surface area contributed by atoms with Gasteiger partial charge in [0, 0.05) is 6.04 Å². The first-order valence-corrected chi connectivity index (χ1v) is 10.9. The minimum absolute atomic E-state index is 0.602. The minimum Gasteiger partial charge on any atom is -0.458 e. The van der Waals surface area contributed by atoms with Crippen LogP contribution in [-0.4, -0.2) is 88.2 Å². The van der Waals surface area contributed by atoms with Gasteiger partial charge in [-0.05, 0) is 25.3 Å². The van der Waals surface area contributed by atoms with Gasteiger partial charge in [-0.15, -0.1) is 0 Å². The Hall–Kier alpha value is -1.79. The molecule has 2 saturated carbocycles. The summed E-state index contributed by atoms with van der Waals surface area (Å²) in [5.41, 5.74) is -8.63. The molecule has 32 heavy (non-hydrogen) atoms. The summed E-state index contributed by atoms with van der Waals surface area (Å²) in [6.45, 7) is 7.11. The molecule has 0 aromatic heterocycles. The third-order valence-electron chi connectivity index (χ3n) is 9.32. The molecular weight excluding hydrogens is 426 g/mol. The second kappa shape index (κ2) is 5.30. The lowest BCUT2D eigenvalue weighted by molar-refractivity contribution is -0.240. The van der Waals surface area contributed by atoms with Crippen LogP contribution in [-0.2, 0) is 33.3 Å². The molecule has 6 fully saturated rings. The molecule has 0 aromatic rings. The summed E-state index contributed by atoms with van der Waals surface area (Å²) in [4.78, 5) is 38.8. The van der Waals surface area contributed by atoms with Gasteiger partial charge in [-0.1, -0.05) is 20.8 Å². The van der Waals surface area contributed by atoms with Crippen LogP contribution in [0.15, 0.2) is 0 Å². The number of hydrogen-bond acceptors (Lipinski definition) is 11. The number of hydrogen-bond donors (Lipinski definition) is 4. The van der Waals surface area contributed by atoms with Crippen LogP contribution in [0.4, 0.5) is 0 Å². The second-order valence-electron chi connectivity index (χ2n) is 11.1. The Morgan fingerprint density at radius 3 is 2.25 bits per heavy atom. The van der Waals surface area contributed by atoms with E-state index in [4.69, 9.17) is 18.9 Å². The molecule has 2 aliphatic carbocycles. The fourth-order valence-corrected chi connectivity index (χ4v) is 8.64. The van der Waals surface area contributed by atoms with Gasteiger partial charge in [0.15, 0.2) is 17.8 Å². The van der Waals surface area contributed by atoms with Crippen LogP contribution >= 0.6 is 0 Å². The highest BCUT2D eigenvalue weighted by Crippen LogP contribution is 2.84. The van der Waals surface area contributed by atoms with E-state index in [2.05, 4.69) is 5.32 Å². The van der Waals surface area contributed by atoms with E-state index in [1.807, 2.05) is 20.8 Å². The lowest BCUT2D eigenvalue weighted by atomic mass is 9.51. The number of esters is 3. The Kier molecular flexibility index (Phi) is 3.45. The van der Waals surface area contributed by atoms with E-state index in [1.165, 1.54) is 6.92 Å². The Balaban J connectivity index is 1.75. The number of carbonyl (C=O) groups is 3. The van der Waals surface area contributed by atoms with Crippen LogP contribution in [0.5, 0.6) is 0 Å². The van der Waals surface area contributed by atoms with Crippen LogP contribution in [0.25, 0.3) is 0 Å². The summed E-state index contributed by atoms with van der Waals surface area (Å²) in [6.07, 6.45) is -7.47. The van der Waals surface area contributed by atoms with Crippen molar-refractivity contribution >= 4 is 17.9 Å². The molecule has 176 valence electrons. The largest absolute Gasteiger partial charge is 0.458 e. The monoisotopic (exact) mass is 453 g/mol. The minimum atomic E-state index is -2.29. The molecule has 4 aliphatic heterocycles. The molecule has 4 N–H and O–H groups in total. The molecule has 11 nitrogen and oxygen atoms in total. The van der Waals surface area contributed by atoms with Gasteiger partial charge in [-0.25, -0.2) is 9.59 Å². The van der Waals surface area contributed by atoms with E-state index < -0.39 is 93.9 Å². The molecule has 11 heteroatoms. The SMILES string of the molecule is CN[C@H]1C(C(C)(C)C)C23C(OC(=O)[C@H]2O)OC24C(=O)OC1C32C(O)C1OC(=O)[C@@H](C)[C@@]14O. The number of nitrogens with one attached hydrogen (secondary N) is 1. The van der Waals surface area contributed by atoms with Crippen molar-refractivity contribution in [2.45, 2.75) is 75.6 Å². The lowest BCUT2D eigenvalue weighted by Crippen LogP contribution is -2.67. The number of aliphatic hydroxyl groups excluding tert-OH is 2. The zero-order valence-electron chi connectivity index (χ0n) is 18.3. The fraction of sp³-hybridized carbons (Fsp3) is 0.857. The molecule has 6 rings (SSSR count). The molecule has 0 radical (unpaired) electrons. The van der Waals surface area contributed by atoms with Crippen molar-refractivity contribution in [1.29, 1.82) is 0 Å². The fourth-order valence-electron chi connectivity index (χ4n) is 8.64. The zero-order chi connectivity index (χ0) is 23.4. The first-order valence-electron chi connectivity index (χ1n) is 10.9. The van der Waals surface area contributed by atoms with Crippen molar-refractivity contribution in [2.75, 3.05) is 7.05 Å².